The molecule has 0 radical (unpaired) electrons. The highest BCUT2D eigenvalue weighted by Crippen LogP contribution is 2.37. The van der Waals surface area contributed by atoms with Gasteiger partial charge in [-0.2, -0.15) is 0 Å². The average Bonchev–Trinajstić information content (AvgIpc) is 2.17. The third-order valence-electron chi connectivity index (χ3n) is 1.96. The number of halogens is 1. The minimum atomic E-state index is -0.535. The molecule has 62 valence electrons. The smallest absolute Gasteiger partial charge is 0.164 e. The second kappa shape index (κ2) is 2.05. The molecule has 0 saturated carbocycles. The summed E-state index contributed by atoms with van der Waals surface area (Å²) in [5.41, 5.74) is 0. The predicted octanol–water partition coefficient (Wildman–Crippen LogP) is 1.76. The van der Waals surface area contributed by atoms with Crippen molar-refractivity contribution in [3.8, 4) is 0 Å². The highest BCUT2D eigenvalue weighted by Gasteiger charge is 2.43. The van der Waals surface area contributed by atoms with Crippen molar-refractivity contribution in [2.75, 3.05) is 0 Å². The first kappa shape index (κ1) is 7.25. The Kier molecular flexibility index (Phi) is 1.35. The first-order chi connectivity index (χ1) is 5.07. The Hall–Kier alpha value is -0.410. The molecule has 0 spiro atoms. The lowest BCUT2D eigenvalue weighted by molar-refractivity contribution is -0.144. The number of rotatable bonds is 0. The summed E-state index contributed by atoms with van der Waals surface area (Å²) < 4.78 is 23.4. The zero-order valence-electron chi connectivity index (χ0n) is 6.63. The van der Waals surface area contributed by atoms with E-state index in [4.69, 9.17) is 9.47 Å². The van der Waals surface area contributed by atoms with E-state index in [1.807, 2.05) is 13.8 Å². The molecule has 0 aromatic heterocycles. The Balaban J connectivity index is 2.13. The lowest BCUT2D eigenvalue weighted by atomic mass is 10.2. The zero-order valence-corrected chi connectivity index (χ0v) is 6.63. The van der Waals surface area contributed by atoms with Gasteiger partial charge in [-0.3, -0.25) is 0 Å². The van der Waals surface area contributed by atoms with Crippen LogP contribution in [0.15, 0.2) is 11.9 Å². The summed E-state index contributed by atoms with van der Waals surface area (Å²) in [5.74, 6) is -0.650. The summed E-state index contributed by atoms with van der Waals surface area (Å²) in [7, 11) is 0. The van der Waals surface area contributed by atoms with Crippen LogP contribution in [0.4, 0.5) is 4.39 Å². The predicted molar refractivity (Wildman–Crippen MR) is 37.6 cm³/mol. The first-order valence-electron chi connectivity index (χ1n) is 3.79. The third kappa shape index (κ3) is 1.19. The minimum absolute atomic E-state index is 0.0926. The minimum Gasteiger partial charge on any atom is -0.344 e. The fraction of sp³-hybridized carbons (Fsp3) is 0.750. The van der Waals surface area contributed by atoms with Gasteiger partial charge in [0.05, 0.1) is 6.10 Å². The molecule has 3 heteroatoms. The van der Waals surface area contributed by atoms with Gasteiger partial charge in [-0.15, -0.1) is 0 Å². The molecule has 2 unspecified atom stereocenters. The van der Waals surface area contributed by atoms with Crippen molar-refractivity contribution in [3.63, 3.8) is 0 Å². The summed E-state index contributed by atoms with van der Waals surface area (Å²) >= 11 is 0. The van der Waals surface area contributed by atoms with Crippen LogP contribution in [0.5, 0.6) is 0 Å². The van der Waals surface area contributed by atoms with Crippen LogP contribution in [0.1, 0.15) is 20.3 Å². The van der Waals surface area contributed by atoms with Gasteiger partial charge in [-0.05, 0) is 19.9 Å². The van der Waals surface area contributed by atoms with Gasteiger partial charge in [0.2, 0.25) is 0 Å². The van der Waals surface area contributed by atoms with Crippen molar-refractivity contribution in [2.24, 2.45) is 0 Å². The molecule has 0 N–H and O–H groups in total. The zero-order chi connectivity index (χ0) is 8.06. The molecule has 2 rings (SSSR count). The van der Waals surface area contributed by atoms with E-state index in [1.165, 1.54) is 6.08 Å². The van der Waals surface area contributed by atoms with Crippen molar-refractivity contribution in [2.45, 2.75) is 38.3 Å². The topological polar surface area (TPSA) is 18.5 Å². The summed E-state index contributed by atoms with van der Waals surface area (Å²) in [6.07, 6.45) is 1.61. The van der Waals surface area contributed by atoms with Crippen molar-refractivity contribution < 1.29 is 13.9 Å². The molecule has 11 heavy (non-hydrogen) atoms. The molecule has 0 amide bonds. The first-order valence-corrected chi connectivity index (χ1v) is 3.79. The van der Waals surface area contributed by atoms with Crippen LogP contribution >= 0.6 is 0 Å². The largest absolute Gasteiger partial charge is 0.344 e. The number of ether oxygens (including phenoxy) is 2. The normalized spacial score (nSPS) is 40.5. The number of hydrogen-bond donors (Lipinski definition) is 0. The van der Waals surface area contributed by atoms with Crippen LogP contribution in [0.25, 0.3) is 0 Å². The van der Waals surface area contributed by atoms with Gasteiger partial charge in [0.1, 0.15) is 11.9 Å². The Bertz CT molecular complexity index is 210. The summed E-state index contributed by atoms with van der Waals surface area (Å²) in [6.45, 7) is 3.69. The van der Waals surface area contributed by atoms with Crippen LogP contribution in [0.2, 0.25) is 0 Å². The maximum absolute atomic E-state index is 12.6. The van der Waals surface area contributed by atoms with Crippen LogP contribution in [0, 0.1) is 0 Å². The molecular weight excluding hydrogens is 147 g/mol. The quantitative estimate of drug-likeness (QED) is 0.534. The fourth-order valence-electron chi connectivity index (χ4n) is 1.60. The molecule has 2 aliphatic rings. The van der Waals surface area contributed by atoms with E-state index in [1.54, 1.807) is 0 Å². The molecular formula is C8H11FO2. The Morgan fingerprint density at radius 2 is 2.27 bits per heavy atom. The Labute approximate surface area is 65.0 Å². The lowest BCUT2D eigenvalue weighted by Gasteiger charge is -2.16. The highest BCUT2D eigenvalue weighted by atomic mass is 19.1. The average molecular weight is 158 g/mol. The molecule has 0 bridgehead atoms. The molecule has 0 aromatic rings. The van der Waals surface area contributed by atoms with Crippen molar-refractivity contribution in [1.82, 2.24) is 0 Å². The van der Waals surface area contributed by atoms with Crippen molar-refractivity contribution >= 4 is 0 Å². The van der Waals surface area contributed by atoms with Crippen LogP contribution in [-0.2, 0) is 9.47 Å². The Morgan fingerprint density at radius 1 is 1.55 bits per heavy atom. The van der Waals surface area contributed by atoms with Gasteiger partial charge in [0, 0.05) is 6.42 Å². The monoisotopic (exact) mass is 158 g/mol. The fourth-order valence-corrected chi connectivity index (χ4v) is 1.60. The van der Waals surface area contributed by atoms with Crippen LogP contribution in [0.3, 0.4) is 0 Å². The van der Waals surface area contributed by atoms with E-state index in [-0.39, 0.29) is 18.0 Å². The number of fused-ring (bicyclic) bond motifs is 1. The molecule has 1 saturated heterocycles. The third-order valence-corrected chi connectivity index (χ3v) is 1.96. The maximum Gasteiger partial charge on any atom is 0.164 e. The molecule has 0 aromatic carbocycles. The molecule has 1 fully saturated rings. The number of hydrogen-bond acceptors (Lipinski definition) is 2. The van der Waals surface area contributed by atoms with Gasteiger partial charge in [-0.1, -0.05) is 0 Å². The van der Waals surface area contributed by atoms with Crippen molar-refractivity contribution in [3.05, 3.63) is 11.9 Å². The standard InChI is InChI=1S/C8H11FO2/c1-8(2)10-6-3-5(9)4-7(6)11-8/h3,6-7H,4H2,1-2H3. The van der Waals surface area contributed by atoms with Gasteiger partial charge >= 0.3 is 0 Å². The summed E-state index contributed by atoms with van der Waals surface area (Å²) in [6, 6.07) is 0. The van der Waals surface area contributed by atoms with E-state index in [0.717, 1.165) is 0 Å². The second-order valence-electron chi connectivity index (χ2n) is 3.46. The van der Waals surface area contributed by atoms with E-state index >= 15 is 0 Å². The SMILES string of the molecule is CC1(C)OC2C=C(F)CC2O1. The van der Waals surface area contributed by atoms with Crippen LogP contribution < -0.4 is 0 Å². The molecule has 2 atom stereocenters. The van der Waals surface area contributed by atoms with Gasteiger partial charge in [-0.25, -0.2) is 4.39 Å². The second-order valence-corrected chi connectivity index (χ2v) is 3.46. The van der Waals surface area contributed by atoms with E-state index in [9.17, 15) is 4.39 Å². The highest BCUT2D eigenvalue weighted by molar-refractivity contribution is 5.12. The lowest BCUT2D eigenvalue weighted by Crippen LogP contribution is -2.21. The van der Waals surface area contributed by atoms with E-state index < -0.39 is 5.79 Å². The molecule has 1 aliphatic heterocycles. The van der Waals surface area contributed by atoms with Crippen molar-refractivity contribution in [1.29, 1.82) is 0 Å². The van der Waals surface area contributed by atoms with Crippen LogP contribution in [-0.4, -0.2) is 18.0 Å². The van der Waals surface area contributed by atoms with E-state index in [2.05, 4.69) is 0 Å². The van der Waals surface area contributed by atoms with Gasteiger partial charge < -0.3 is 9.47 Å². The van der Waals surface area contributed by atoms with E-state index in [0.29, 0.717) is 6.42 Å². The summed E-state index contributed by atoms with van der Waals surface area (Å²) in [5, 5.41) is 0. The molecule has 2 nitrogen and oxygen atoms in total. The molecule has 1 aliphatic carbocycles. The molecule has 1 heterocycles. The van der Waals surface area contributed by atoms with Gasteiger partial charge in [0.25, 0.3) is 0 Å². The Morgan fingerprint density at radius 3 is 2.91 bits per heavy atom. The summed E-state index contributed by atoms with van der Waals surface area (Å²) in [4.78, 5) is 0. The van der Waals surface area contributed by atoms with Gasteiger partial charge in [0.15, 0.2) is 5.79 Å². The maximum atomic E-state index is 12.6.